The fourth-order valence-electron chi connectivity index (χ4n) is 6.09. The molecule has 43 heavy (non-hydrogen) atoms. The van der Waals surface area contributed by atoms with E-state index in [-0.39, 0.29) is 29.1 Å². The second-order valence-corrected chi connectivity index (χ2v) is 10.1. The lowest BCUT2D eigenvalue weighted by Crippen LogP contribution is -2.61. The van der Waals surface area contributed by atoms with Crippen LogP contribution in [-0.4, -0.2) is 55.3 Å². The van der Waals surface area contributed by atoms with E-state index in [2.05, 4.69) is 5.10 Å². The monoisotopic (exact) mass is 591 g/mol. The summed E-state index contributed by atoms with van der Waals surface area (Å²) in [7, 11) is 3.83. The van der Waals surface area contributed by atoms with E-state index in [1.54, 1.807) is 53.4 Å². The van der Waals surface area contributed by atoms with Gasteiger partial charge in [-0.1, -0.05) is 36.4 Å². The zero-order valence-corrected chi connectivity index (χ0v) is 23.1. The van der Waals surface area contributed by atoms with Gasteiger partial charge in [-0.25, -0.2) is 9.59 Å². The topological polar surface area (TPSA) is 97.7 Å². The first-order valence-corrected chi connectivity index (χ1v) is 13.1. The average molecular weight is 592 g/mol. The van der Waals surface area contributed by atoms with Gasteiger partial charge in [0.25, 0.3) is 5.91 Å². The van der Waals surface area contributed by atoms with Gasteiger partial charge in [-0.15, -0.1) is 0 Å². The van der Waals surface area contributed by atoms with E-state index in [1.165, 1.54) is 14.2 Å². The van der Waals surface area contributed by atoms with Crippen LogP contribution in [0.15, 0.2) is 89.0 Å². The van der Waals surface area contributed by atoms with Crippen molar-refractivity contribution in [3.63, 3.8) is 0 Å². The Morgan fingerprint density at radius 3 is 2.16 bits per heavy atom. The van der Waals surface area contributed by atoms with Gasteiger partial charge in [0.2, 0.25) is 0 Å². The van der Waals surface area contributed by atoms with Crippen molar-refractivity contribution in [3.8, 4) is 5.75 Å². The summed E-state index contributed by atoms with van der Waals surface area (Å²) in [5.41, 5.74) is -1.20. The van der Waals surface area contributed by atoms with Crippen LogP contribution < -0.4 is 9.75 Å². The molecule has 0 saturated carbocycles. The van der Waals surface area contributed by atoms with Crippen LogP contribution in [0.5, 0.6) is 5.75 Å². The molecule has 220 valence electrons. The number of hydrazone groups is 1. The van der Waals surface area contributed by atoms with E-state index in [0.717, 1.165) is 41.9 Å². The number of hydrogen-bond acceptors (Lipinski definition) is 8. The molecule has 0 radical (unpaired) electrons. The molecule has 2 atom stereocenters. The summed E-state index contributed by atoms with van der Waals surface area (Å²) < 4.78 is 55.5. The SMILES string of the molecule is COC(=O)C1=C(C(=O)OC)[C@]23C(=O)N(c4ccc(C(F)(F)F)cc4)N=C2c2ccccc2[C@H]1N3Cc1ccc(OC)cc1. The van der Waals surface area contributed by atoms with E-state index in [9.17, 15) is 27.6 Å². The summed E-state index contributed by atoms with van der Waals surface area (Å²) >= 11 is 0. The number of methoxy groups -OCH3 is 3. The summed E-state index contributed by atoms with van der Waals surface area (Å²) in [5.74, 6) is -1.93. The van der Waals surface area contributed by atoms with Gasteiger partial charge in [0.1, 0.15) is 11.5 Å². The maximum atomic E-state index is 14.7. The number of carbonyl (C=O) groups is 3. The van der Waals surface area contributed by atoms with Gasteiger partial charge < -0.3 is 14.2 Å². The van der Waals surface area contributed by atoms with Gasteiger partial charge in [0, 0.05) is 12.1 Å². The van der Waals surface area contributed by atoms with Crippen molar-refractivity contribution in [3.05, 3.63) is 106 Å². The molecule has 0 aliphatic carbocycles. The first-order chi connectivity index (χ1) is 20.6. The number of carbonyl (C=O) groups excluding carboxylic acids is 3. The maximum Gasteiger partial charge on any atom is 0.416 e. The van der Waals surface area contributed by atoms with E-state index < -0.39 is 41.2 Å². The number of esters is 2. The lowest BCUT2D eigenvalue weighted by atomic mass is 9.78. The van der Waals surface area contributed by atoms with Crippen molar-refractivity contribution >= 4 is 29.2 Å². The number of hydrogen-bond donors (Lipinski definition) is 0. The number of amides is 1. The van der Waals surface area contributed by atoms with Gasteiger partial charge in [0.05, 0.1) is 49.8 Å². The normalized spacial score (nSPS) is 20.9. The van der Waals surface area contributed by atoms with E-state index >= 15 is 0 Å². The maximum absolute atomic E-state index is 14.7. The molecule has 0 unspecified atom stereocenters. The third-order valence-corrected chi connectivity index (χ3v) is 7.95. The molecular formula is C31H24F3N3O6. The van der Waals surface area contributed by atoms with E-state index in [1.807, 2.05) is 0 Å². The minimum absolute atomic E-state index is 0.0448. The fraction of sp³-hybridized carbons (Fsp3) is 0.226. The molecule has 0 N–H and O–H groups in total. The predicted molar refractivity (Wildman–Crippen MR) is 147 cm³/mol. The van der Waals surface area contributed by atoms with E-state index in [0.29, 0.717) is 16.9 Å². The first kappa shape index (κ1) is 28.2. The highest BCUT2D eigenvalue weighted by Crippen LogP contribution is 2.57. The zero-order chi connectivity index (χ0) is 30.7. The number of nitrogens with zero attached hydrogens (tertiary/aromatic N) is 3. The Hall–Kier alpha value is -4.97. The highest BCUT2D eigenvalue weighted by molar-refractivity contribution is 6.36. The highest BCUT2D eigenvalue weighted by Gasteiger charge is 2.70. The Kier molecular flexibility index (Phi) is 6.61. The number of ether oxygens (including phenoxy) is 3. The van der Waals surface area contributed by atoms with Crippen LogP contribution >= 0.6 is 0 Å². The number of alkyl halides is 3. The molecule has 9 nitrogen and oxygen atoms in total. The highest BCUT2D eigenvalue weighted by atomic mass is 19.4. The third kappa shape index (κ3) is 4.04. The third-order valence-electron chi connectivity index (χ3n) is 7.95. The van der Waals surface area contributed by atoms with Crippen molar-refractivity contribution in [2.75, 3.05) is 26.3 Å². The smallest absolute Gasteiger partial charge is 0.416 e. The molecule has 0 saturated heterocycles. The van der Waals surface area contributed by atoms with Crippen molar-refractivity contribution in [1.82, 2.24) is 4.90 Å². The minimum atomic E-state index is -4.59. The number of halogens is 3. The van der Waals surface area contributed by atoms with Crippen LogP contribution in [0.3, 0.4) is 0 Å². The largest absolute Gasteiger partial charge is 0.497 e. The van der Waals surface area contributed by atoms with Gasteiger partial charge in [-0.2, -0.15) is 23.3 Å². The molecule has 2 bridgehead atoms. The number of rotatable bonds is 6. The fourth-order valence-corrected chi connectivity index (χ4v) is 6.09. The van der Waals surface area contributed by atoms with Gasteiger partial charge in [0.15, 0.2) is 5.54 Å². The first-order valence-electron chi connectivity index (χ1n) is 13.1. The predicted octanol–water partition coefficient (Wildman–Crippen LogP) is 4.42. The lowest BCUT2D eigenvalue weighted by Gasteiger charge is -2.43. The molecule has 0 aromatic heterocycles. The van der Waals surface area contributed by atoms with Crippen LogP contribution in [0.4, 0.5) is 18.9 Å². The molecule has 6 rings (SSSR count). The van der Waals surface area contributed by atoms with Crippen molar-refractivity contribution < 1.29 is 41.8 Å². The number of anilines is 1. The lowest BCUT2D eigenvalue weighted by molar-refractivity contribution is -0.140. The molecule has 3 aliphatic rings. The van der Waals surface area contributed by atoms with Crippen LogP contribution in [-0.2, 0) is 36.6 Å². The summed E-state index contributed by atoms with van der Waals surface area (Å²) in [4.78, 5) is 43.5. The Bertz CT molecular complexity index is 1720. The van der Waals surface area contributed by atoms with Crippen molar-refractivity contribution in [1.29, 1.82) is 0 Å². The molecular weight excluding hydrogens is 567 g/mol. The molecule has 3 aliphatic heterocycles. The van der Waals surface area contributed by atoms with Gasteiger partial charge >= 0.3 is 18.1 Å². The zero-order valence-electron chi connectivity index (χ0n) is 23.1. The van der Waals surface area contributed by atoms with Crippen molar-refractivity contribution in [2.45, 2.75) is 24.3 Å². The summed E-state index contributed by atoms with van der Waals surface area (Å²) in [5, 5.41) is 5.60. The molecule has 12 heteroatoms. The van der Waals surface area contributed by atoms with Crippen LogP contribution in [0.1, 0.15) is 28.3 Å². The minimum Gasteiger partial charge on any atom is -0.497 e. The van der Waals surface area contributed by atoms with Gasteiger partial charge in [-0.05, 0) is 47.5 Å². The summed E-state index contributed by atoms with van der Waals surface area (Å²) in [6.45, 7) is 0.0651. The summed E-state index contributed by atoms with van der Waals surface area (Å²) in [6, 6.07) is 17.1. The van der Waals surface area contributed by atoms with Crippen LogP contribution in [0.25, 0.3) is 0 Å². The average Bonchev–Trinajstić information content (AvgIpc) is 3.45. The second kappa shape index (κ2) is 10.1. The Morgan fingerprint density at radius 2 is 1.56 bits per heavy atom. The molecule has 3 heterocycles. The second-order valence-electron chi connectivity index (χ2n) is 10.1. The molecule has 1 amide bonds. The Morgan fingerprint density at radius 1 is 0.907 bits per heavy atom. The Labute approximate surface area is 243 Å². The molecule has 1 spiro atoms. The molecule has 3 aromatic rings. The van der Waals surface area contributed by atoms with Crippen molar-refractivity contribution in [2.24, 2.45) is 5.10 Å². The summed E-state index contributed by atoms with van der Waals surface area (Å²) in [6.07, 6.45) is -4.59. The Balaban J connectivity index is 1.62. The standard InChI is InChI=1S/C31H24F3N3O6/c1-41-20-14-8-17(9-15-20)16-36-25-21-6-4-5-7-22(21)26-30(36,24(28(39)43-3)23(25)27(38)42-2)29(40)37(35-26)19-12-10-18(11-13-19)31(32,33)34/h4-15,25H,16H2,1-3H3/t25-,30-/m1/s1. The molecule has 3 aromatic carbocycles. The quantitative estimate of drug-likeness (QED) is 0.392. The number of fused-ring (bicyclic) bond motifs is 4. The van der Waals surface area contributed by atoms with Gasteiger partial charge in [-0.3, -0.25) is 9.69 Å². The van der Waals surface area contributed by atoms with Crippen LogP contribution in [0, 0.1) is 0 Å². The van der Waals surface area contributed by atoms with Crippen LogP contribution in [0.2, 0.25) is 0 Å². The number of benzene rings is 3. The molecule has 0 fully saturated rings. The van der Waals surface area contributed by atoms with E-state index in [4.69, 9.17) is 14.2 Å².